The molecule has 0 fully saturated rings. The Bertz CT molecular complexity index is 2070. The van der Waals surface area contributed by atoms with Gasteiger partial charge in [0, 0.05) is 60.8 Å². The maximum absolute atomic E-state index is 5.78. The Morgan fingerprint density at radius 1 is 0.686 bits per heavy atom. The lowest BCUT2D eigenvalue weighted by atomic mass is 9.99. The van der Waals surface area contributed by atoms with Crippen LogP contribution in [0.15, 0.2) is 160 Å². The fourth-order valence-corrected chi connectivity index (χ4v) is 6.74. The van der Waals surface area contributed by atoms with Crippen molar-refractivity contribution in [3.63, 3.8) is 0 Å². The lowest BCUT2D eigenvalue weighted by Crippen LogP contribution is -2.23. The van der Waals surface area contributed by atoms with Gasteiger partial charge in [-0.1, -0.05) is 42.0 Å². The summed E-state index contributed by atoms with van der Waals surface area (Å²) in [7, 11) is 2.03. The quantitative estimate of drug-likeness (QED) is 0.165. The third kappa shape index (κ3) is 7.33. The molecule has 8 heteroatoms. The molecule has 2 N–H and O–H groups in total. The smallest absolute Gasteiger partial charge is 0.121 e. The maximum atomic E-state index is 5.78. The highest BCUT2D eigenvalue weighted by Gasteiger charge is 2.28. The Labute approximate surface area is 300 Å². The van der Waals surface area contributed by atoms with Crippen molar-refractivity contribution in [2.24, 2.45) is 15.0 Å². The van der Waals surface area contributed by atoms with E-state index in [2.05, 4.69) is 108 Å². The second kappa shape index (κ2) is 15.5. The summed E-state index contributed by atoms with van der Waals surface area (Å²) in [4.78, 5) is 21.8. The largest absolute Gasteiger partial charge is 0.377 e. The fraction of sp³-hybridized carbons (Fsp3) is 0.233. The van der Waals surface area contributed by atoms with Gasteiger partial charge < -0.3 is 24.7 Å². The monoisotopic (exact) mass is 676 g/mol. The highest BCUT2D eigenvalue weighted by atomic mass is 16.5. The molecular weight excluding hydrogens is 633 g/mol. The number of hydrogen-bond acceptors (Lipinski definition) is 7. The van der Waals surface area contributed by atoms with E-state index in [9.17, 15) is 0 Å². The summed E-state index contributed by atoms with van der Waals surface area (Å²) in [5.41, 5.74) is 13.9. The molecule has 0 amide bonds. The number of hydrogen-bond donors (Lipinski definition) is 2. The summed E-state index contributed by atoms with van der Waals surface area (Å²) in [6, 6.07) is 13.0. The van der Waals surface area contributed by atoms with Crippen LogP contribution in [-0.2, 0) is 9.47 Å². The van der Waals surface area contributed by atoms with Crippen molar-refractivity contribution in [2.75, 3.05) is 33.5 Å². The molecule has 7 rings (SSSR count). The molecule has 258 valence electrons. The average Bonchev–Trinajstić information content (AvgIpc) is 3.99. The molecule has 0 saturated heterocycles. The summed E-state index contributed by atoms with van der Waals surface area (Å²) in [6.07, 6.45) is 23.4. The number of aromatic amines is 1. The molecule has 5 aliphatic rings. The normalized spacial score (nSPS) is 19.0. The Hall–Kier alpha value is -5.57. The Morgan fingerprint density at radius 2 is 1.27 bits per heavy atom. The summed E-state index contributed by atoms with van der Waals surface area (Å²) in [5, 5.41) is 3.44. The van der Waals surface area contributed by atoms with E-state index in [1.54, 1.807) is 12.2 Å². The number of ether oxygens (including phenoxy) is 2. The van der Waals surface area contributed by atoms with Gasteiger partial charge in [0.25, 0.3) is 0 Å². The molecule has 0 atom stereocenters. The summed E-state index contributed by atoms with van der Waals surface area (Å²) < 4.78 is 11.6. The summed E-state index contributed by atoms with van der Waals surface area (Å²) in [5.74, 6) is 0.928. The lowest BCUT2D eigenvalue weighted by Gasteiger charge is -2.17. The van der Waals surface area contributed by atoms with Gasteiger partial charge >= 0.3 is 0 Å². The molecule has 0 radical (unpaired) electrons. The minimum absolute atomic E-state index is 0.530. The van der Waals surface area contributed by atoms with Gasteiger partial charge in [-0.3, -0.25) is 0 Å². The van der Waals surface area contributed by atoms with E-state index in [0.29, 0.717) is 26.4 Å². The topological polar surface area (TPSA) is 86.6 Å². The Kier molecular flexibility index (Phi) is 10.3. The first kappa shape index (κ1) is 33.9. The van der Waals surface area contributed by atoms with Crippen LogP contribution >= 0.6 is 0 Å². The van der Waals surface area contributed by atoms with Crippen LogP contribution in [0.3, 0.4) is 0 Å². The van der Waals surface area contributed by atoms with E-state index in [-0.39, 0.29) is 0 Å². The van der Waals surface area contributed by atoms with Crippen molar-refractivity contribution in [1.82, 2.24) is 15.2 Å². The van der Waals surface area contributed by atoms with Crippen molar-refractivity contribution in [2.45, 2.75) is 32.6 Å². The first-order valence-corrected chi connectivity index (χ1v) is 17.6. The highest BCUT2D eigenvalue weighted by Crippen LogP contribution is 2.36. The van der Waals surface area contributed by atoms with Crippen molar-refractivity contribution in [3.05, 3.63) is 167 Å². The summed E-state index contributed by atoms with van der Waals surface area (Å²) in [6.45, 7) is 12.0. The van der Waals surface area contributed by atoms with E-state index in [1.807, 2.05) is 19.4 Å². The third-order valence-electron chi connectivity index (χ3n) is 9.25. The van der Waals surface area contributed by atoms with Gasteiger partial charge in [-0.2, -0.15) is 0 Å². The van der Waals surface area contributed by atoms with Crippen LogP contribution in [0.2, 0.25) is 0 Å². The van der Waals surface area contributed by atoms with Crippen molar-refractivity contribution in [3.8, 4) is 0 Å². The number of nitrogens with zero attached hydrogens (tertiary/aromatic N) is 4. The van der Waals surface area contributed by atoms with Gasteiger partial charge in [0.15, 0.2) is 0 Å². The molecule has 2 aromatic rings. The van der Waals surface area contributed by atoms with E-state index < -0.39 is 0 Å². The molecule has 8 nitrogen and oxygen atoms in total. The van der Waals surface area contributed by atoms with Crippen LogP contribution < -0.4 is 5.32 Å². The molecule has 51 heavy (non-hydrogen) atoms. The third-order valence-corrected chi connectivity index (χ3v) is 9.25. The number of rotatable bonds is 13. The summed E-state index contributed by atoms with van der Waals surface area (Å²) >= 11 is 0. The number of aromatic nitrogens is 1. The predicted molar refractivity (Wildman–Crippen MR) is 209 cm³/mol. The maximum Gasteiger partial charge on any atom is 0.121 e. The number of benzene rings is 1. The standard InChI is InChI=1S/C43H44N6O2/c1-5-25-50-27-7-9-31-33-15-19-37(45-33)41(30-13-11-29(3)12-14-30)38-20-16-34(46-38)32(10-8-28-51-26-6-2)36-18-22-40(48-36)42(39-21-17-35(31)47-39)43-44-23-24-49(43)4/h5-6,11-24,44-45H,1-2,7-10,25-28H2,3-4H3/b35-31?,36-32?,41-38?,43-42-. The van der Waals surface area contributed by atoms with E-state index in [0.717, 1.165) is 105 Å². The Morgan fingerprint density at radius 3 is 1.92 bits per heavy atom. The van der Waals surface area contributed by atoms with Gasteiger partial charge in [0.2, 0.25) is 0 Å². The van der Waals surface area contributed by atoms with Gasteiger partial charge in [-0.15, -0.1) is 13.2 Å². The van der Waals surface area contributed by atoms with Crippen LogP contribution in [0.25, 0.3) is 11.1 Å². The minimum Gasteiger partial charge on any atom is -0.377 e. The lowest BCUT2D eigenvalue weighted by molar-refractivity contribution is 0.160. The predicted octanol–water partition coefficient (Wildman–Crippen LogP) is 8.28. The molecule has 0 aliphatic carbocycles. The number of allylic oxidation sites excluding steroid dienone is 9. The van der Waals surface area contributed by atoms with Crippen LogP contribution in [0, 0.1) is 6.92 Å². The second-order valence-corrected chi connectivity index (χ2v) is 12.9. The van der Waals surface area contributed by atoms with Crippen LogP contribution in [-0.4, -0.2) is 60.5 Å². The zero-order valence-electron chi connectivity index (χ0n) is 29.4. The molecular formula is C43H44N6O2. The minimum atomic E-state index is 0.530. The van der Waals surface area contributed by atoms with Crippen molar-refractivity contribution >= 4 is 28.3 Å². The molecule has 8 bridgehead atoms. The van der Waals surface area contributed by atoms with Crippen LogP contribution in [0.4, 0.5) is 0 Å². The average molecular weight is 677 g/mol. The molecule has 1 aromatic carbocycles. The van der Waals surface area contributed by atoms with Gasteiger partial charge in [-0.25, -0.2) is 15.0 Å². The van der Waals surface area contributed by atoms with E-state index in [1.165, 1.54) is 5.56 Å². The fourth-order valence-electron chi connectivity index (χ4n) is 6.74. The SMILES string of the molecule is C=CCOCCCC1=C2C=CC(=N2)/C(=C2/NC=CN2C)C2=NC(=C(CCCOCC=C)c3ccc([nH]3)C(c3ccc(C)cc3)=C3C=CC1=N3)C=C2. The van der Waals surface area contributed by atoms with Crippen molar-refractivity contribution < 1.29 is 9.47 Å². The molecule has 5 aliphatic heterocycles. The van der Waals surface area contributed by atoms with Gasteiger partial charge in [0.05, 0.1) is 53.0 Å². The molecule has 0 spiro atoms. The van der Waals surface area contributed by atoms with Gasteiger partial charge in [-0.05, 0) is 86.8 Å². The van der Waals surface area contributed by atoms with E-state index in [4.69, 9.17) is 24.5 Å². The first-order chi connectivity index (χ1) is 25.0. The zero-order chi connectivity index (χ0) is 35.2. The number of fused-ring (bicyclic) bond motifs is 5. The highest BCUT2D eigenvalue weighted by molar-refractivity contribution is 6.34. The second-order valence-electron chi connectivity index (χ2n) is 12.9. The van der Waals surface area contributed by atoms with Crippen LogP contribution in [0.5, 0.6) is 0 Å². The zero-order valence-corrected chi connectivity index (χ0v) is 29.4. The van der Waals surface area contributed by atoms with E-state index >= 15 is 0 Å². The molecule has 0 saturated carbocycles. The first-order valence-electron chi connectivity index (χ1n) is 17.6. The number of nitrogens with one attached hydrogen (secondary N) is 2. The number of H-pyrrole nitrogens is 1. The Balaban J connectivity index is 1.42. The number of aryl methyl sites for hydroxylation is 1. The van der Waals surface area contributed by atoms with Crippen LogP contribution in [0.1, 0.15) is 48.2 Å². The van der Waals surface area contributed by atoms with Crippen molar-refractivity contribution in [1.29, 1.82) is 0 Å². The van der Waals surface area contributed by atoms with Gasteiger partial charge in [0.1, 0.15) is 5.82 Å². The molecule has 6 heterocycles. The molecule has 1 aromatic heterocycles. The number of aliphatic imine (C=N–C) groups is 3. The molecule has 0 unspecified atom stereocenters.